The van der Waals surface area contributed by atoms with E-state index in [1.54, 1.807) is 10.7 Å². The van der Waals surface area contributed by atoms with Crippen molar-refractivity contribution in [3.63, 3.8) is 0 Å². The summed E-state index contributed by atoms with van der Waals surface area (Å²) in [5, 5.41) is 4.66. The fourth-order valence-corrected chi connectivity index (χ4v) is 4.42. The molecule has 0 spiro atoms. The van der Waals surface area contributed by atoms with E-state index < -0.39 is 23.5 Å². The lowest BCUT2D eigenvalue weighted by atomic mass is 9.86. The lowest BCUT2D eigenvalue weighted by Gasteiger charge is -2.34. The van der Waals surface area contributed by atoms with Crippen LogP contribution in [-0.2, 0) is 11.6 Å². The zero-order chi connectivity index (χ0) is 27.2. The number of carbonyl (C=O) groups is 1. The summed E-state index contributed by atoms with van der Waals surface area (Å²) in [6.07, 6.45) is -3.00. The monoisotopic (exact) mass is 526 g/mol. The highest BCUT2D eigenvalue weighted by Gasteiger charge is 2.33. The van der Waals surface area contributed by atoms with E-state index >= 15 is 0 Å². The van der Waals surface area contributed by atoms with Gasteiger partial charge < -0.3 is 9.80 Å². The number of anilines is 1. The van der Waals surface area contributed by atoms with Gasteiger partial charge in [0.25, 0.3) is 11.7 Å². The number of rotatable bonds is 3. The number of fused-ring (bicyclic) bond motifs is 1. The van der Waals surface area contributed by atoms with E-state index in [0.29, 0.717) is 36.9 Å². The molecular weight excluding hydrogens is 500 g/mol. The Labute approximate surface area is 216 Å². The molecular formula is C27H26F4N6O. The van der Waals surface area contributed by atoms with E-state index in [4.69, 9.17) is 0 Å². The summed E-state index contributed by atoms with van der Waals surface area (Å²) >= 11 is 0. The predicted molar refractivity (Wildman–Crippen MR) is 134 cm³/mol. The van der Waals surface area contributed by atoms with Crippen LogP contribution in [0.3, 0.4) is 0 Å². The first-order chi connectivity index (χ1) is 17.9. The molecule has 1 saturated heterocycles. The number of hydrogen-bond acceptors (Lipinski definition) is 5. The largest absolute Gasteiger partial charge is 0.416 e. The van der Waals surface area contributed by atoms with Crippen molar-refractivity contribution in [3.05, 3.63) is 77.2 Å². The van der Waals surface area contributed by atoms with Gasteiger partial charge in [-0.05, 0) is 35.2 Å². The van der Waals surface area contributed by atoms with Gasteiger partial charge in [-0.1, -0.05) is 45.0 Å². The minimum atomic E-state index is -4.68. The van der Waals surface area contributed by atoms with E-state index in [9.17, 15) is 22.4 Å². The summed E-state index contributed by atoms with van der Waals surface area (Å²) in [7, 11) is 0. The van der Waals surface area contributed by atoms with Crippen LogP contribution in [0.1, 0.15) is 42.3 Å². The number of halogens is 4. The molecule has 0 N–H and O–H groups in total. The number of amides is 1. The van der Waals surface area contributed by atoms with E-state index in [1.165, 1.54) is 10.5 Å². The topological polar surface area (TPSA) is 66.6 Å². The molecule has 7 nitrogen and oxygen atoms in total. The van der Waals surface area contributed by atoms with Crippen LogP contribution in [0.5, 0.6) is 0 Å². The molecule has 0 radical (unpaired) electrons. The van der Waals surface area contributed by atoms with Crippen molar-refractivity contribution in [2.75, 3.05) is 31.1 Å². The molecule has 198 valence electrons. The van der Waals surface area contributed by atoms with E-state index in [1.807, 2.05) is 23.1 Å². The standard InChI is InChI=1S/C27H26F4N6O/c1-26(2,3)18-6-4-17(5-7-18)22-10-11-32-24-33-25(34-37(22)24)36-14-12-35(13-15-36)23(38)20-9-8-19(16-21(20)28)27(29,30)31/h4-11,16H,12-15H2,1-3H3. The summed E-state index contributed by atoms with van der Waals surface area (Å²) in [5.41, 5.74) is 1.54. The summed E-state index contributed by atoms with van der Waals surface area (Å²) in [5.74, 6) is -0.961. The Hall–Kier alpha value is -4.02. The van der Waals surface area contributed by atoms with Crippen LogP contribution in [0.4, 0.5) is 23.5 Å². The Morgan fingerprint density at radius 1 is 0.895 bits per heavy atom. The third-order valence-corrected chi connectivity index (χ3v) is 6.65. The van der Waals surface area contributed by atoms with Crippen LogP contribution in [0.25, 0.3) is 17.0 Å². The van der Waals surface area contributed by atoms with Gasteiger partial charge in [-0.15, -0.1) is 5.10 Å². The fourth-order valence-electron chi connectivity index (χ4n) is 4.42. The van der Waals surface area contributed by atoms with Crippen molar-refractivity contribution in [1.29, 1.82) is 0 Å². The Morgan fingerprint density at radius 2 is 1.55 bits per heavy atom. The molecule has 38 heavy (non-hydrogen) atoms. The average molecular weight is 527 g/mol. The van der Waals surface area contributed by atoms with Gasteiger partial charge >= 0.3 is 6.18 Å². The van der Waals surface area contributed by atoms with Crippen molar-refractivity contribution in [1.82, 2.24) is 24.5 Å². The molecule has 5 rings (SSSR count). The van der Waals surface area contributed by atoms with Crippen molar-refractivity contribution in [2.24, 2.45) is 0 Å². The van der Waals surface area contributed by atoms with Crippen LogP contribution < -0.4 is 4.90 Å². The molecule has 0 bridgehead atoms. The molecule has 11 heteroatoms. The summed E-state index contributed by atoms with van der Waals surface area (Å²) in [4.78, 5) is 25.0. The molecule has 4 aromatic rings. The quantitative estimate of drug-likeness (QED) is 0.343. The third kappa shape index (κ3) is 4.92. The minimum Gasteiger partial charge on any atom is -0.336 e. The first-order valence-electron chi connectivity index (χ1n) is 12.2. The second-order valence-corrected chi connectivity index (χ2v) is 10.3. The van der Waals surface area contributed by atoms with E-state index in [2.05, 4.69) is 48.0 Å². The molecule has 1 fully saturated rings. The molecule has 0 unspecified atom stereocenters. The number of nitrogens with zero attached hydrogens (tertiary/aromatic N) is 6. The van der Waals surface area contributed by atoms with Crippen LogP contribution in [-0.4, -0.2) is 56.6 Å². The van der Waals surface area contributed by atoms with Gasteiger partial charge in [0.1, 0.15) is 5.82 Å². The number of piperazine rings is 1. The second-order valence-electron chi connectivity index (χ2n) is 10.3. The van der Waals surface area contributed by atoms with E-state index in [-0.39, 0.29) is 24.1 Å². The Kier molecular flexibility index (Phi) is 6.32. The zero-order valence-electron chi connectivity index (χ0n) is 21.1. The summed E-state index contributed by atoms with van der Waals surface area (Å²) in [6, 6.07) is 12.1. The van der Waals surface area contributed by atoms with Crippen molar-refractivity contribution in [3.8, 4) is 11.3 Å². The fraction of sp³-hybridized carbons (Fsp3) is 0.333. The maximum Gasteiger partial charge on any atom is 0.416 e. The van der Waals surface area contributed by atoms with Gasteiger partial charge in [-0.25, -0.2) is 9.37 Å². The van der Waals surface area contributed by atoms with Crippen molar-refractivity contribution >= 4 is 17.6 Å². The van der Waals surface area contributed by atoms with E-state index in [0.717, 1.165) is 17.3 Å². The smallest absolute Gasteiger partial charge is 0.336 e. The Morgan fingerprint density at radius 3 is 2.16 bits per heavy atom. The SMILES string of the molecule is CC(C)(C)c1ccc(-c2ccnc3nc(N4CCN(C(=O)c5ccc(C(F)(F)F)cc5F)CC4)nn23)cc1. The number of benzene rings is 2. The molecule has 2 aromatic heterocycles. The van der Waals surface area contributed by atoms with Crippen LogP contribution >= 0.6 is 0 Å². The second kappa shape index (κ2) is 9.38. The van der Waals surface area contributed by atoms with Crippen LogP contribution in [0.15, 0.2) is 54.7 Å². The molecule has 1 amide bonds. The predicted octanol–water partition coefficient (Wildman–Crippen LogP) is 5.21. The maximum atomic E-state index is 14.3. The number of alkyl halides is 3. The molecule has 0 atom stereocenters. The van der Waals surface area contributed by atoms with Crippen LogP contribution in [0, 0.1) is 5.82 Å². The third-order valence-electron chi connectivity index (χ3n) is 6.65. The number of carbonyl (C=O) groups excluding carboxylic acids is 1. The van der Waals surface area contributed by atoms with Crippen molar-refractivity contribution < 1.29 is 22.4 Å². The van der Waals surface area contributed by atoms with Crippen LogP contribution in [0.2, 0.25) is 0 Å². The lowest BCUT2D eigenvalue weighted by molar-refractivity contribution is -0.137. The normalized spacial score (nSPS) is 14.8. The maximum absolute atomic E-state index is 14.3. The highest BCUT2D eigenvalue weighted by molar-refractivity contribution is 5.94. The minimum absolute atomic E-state index is 0.0360. The van der Waals surface area contributed by atoms with Crippen molar-refractivity contribution in [2.45, 2.75) is 32.4 Å². The zero-order valence-corrected chi connectivity index (χ0v) is 21.1. The molecule has 1 aliphatic rings. The highest BCUT2D eigenvalue weighted by atomic mass is 19.4. The number of aromatic nitrogens is 4. The highest BCUT2D eigenvalue weighted by Crippen LogP contribution is 2.31. The molecule has 3 heterocycles. The molecule has 2 aromatic carbocycles. The molecule has 0 saturated carbocycles. The summed E-state index contributed by atoms with van der Waals surface area (Å²) < 4.78 is 54.5. The van der Waals surface area contributed by atoms with Gasteiger partial charge in [0.05, 0.1) is 16.8 Å². The van der Waals surface area contributed by atoms with Gasteiger partial charge in [-0.2, -0.15) is 22.7 Å². The summed E-state index contributed by atoms with van der Waals surface area (Å²) in [6.45, 7) is 7.70. The lowest BCUT2D eigenvalue weighted by Crippen LogP contribution is -2.49. The van der Waals surface area contributed by atoms with Gasteiger partial charge in [0.15, 0.2) is 0 Å². The molecule has 1 aliphatic heterocycles. The first-order valence-corrected chi connectivity index (χ1v) is 12.2. The first kappa shape index (κ1) is 25.6. The number of hydrogen-bond donors (Lipinski definition) is 0. The van der Waals surface area contributed by atoms with Gasteiger partial charge in [0, 0.05) is 37.9 Å². The Bertz CT molecular complexity index is 1480. The van der Waals surface area contributed by atoms with Gasteiger partial charge in [0.2, 0.25) is 5.95 Å². The average Bonchev–Trinajstić information content (AvgIpc) is 3.32. The molecule has 0 aliphatic carbocycles. The van der Waals surface area contributed by atoms with Gasteiger partial charge in [-0.3, -0.25) is 4.79 Å². The Balaban J connectivity index is 1.31.